The molecule has 0 aromatic heterocycles. The molecule has 1 aromatic carbocycles. The summed E-state index contributed by atoms with van der Waals surface area (Å²) >= 11 is 3.46. The molecule has 0 heterocycles. The van der Waals surface area contributed by atoms with E-state index in [0.29, 0.717) is 11.5 Å². The van der Waals surface area contributed by atoms with E-state index in [9.17, 15) is 4.79 Å². The molecule has 3 rings (SSSR count). The van der Waals surface area contributed by atoms with Crippen LogP contribution in [0, 0.1) is 23.7 Å². The van der Waals surface area contributed by atoms with E-state index in [4.69, 9.17) is 4.74 Å². The van der Waals surface area contributed by atoms with Crippen LogP contribution in [0.25, 0.3) is 0 Å². The van der Waals surface area contributed by atoms with E-state index in [1.54, 1.807) is 0 Å². The minimum atomic E-state index is -0.194. The predicted octanol–water partition coefficient (Wildman–Crippen LogP) is 5.13. The van der Waals surface area contributed by atoms with Gasteiger partial charge < -0.3 is 4.74 Å². The number of benzene rings is 1. The van der Waals surface area contributed by atoms with Gasteiger partial charge in [-0.25, -0.2) is 4.79 Å². The third-order valence-electron chi connectivity index (χ3n) is 6.31. The Morgan fingerprint density at radius 2 is 2.05 bits per heavy atom. The van der Waals surface area contributed by atoms with Crippen molar-refractivity contribution in [2.24, 2.45) is 16.7 Å². The Morgan fingerprint density at radius 3 is 2.62 bits per heavy atom. The zero-order valence-corrected chi connectivity index (χ0v) is 14.8. The van der Waals surface area contributed by atoms with Crippen LogP contribution < -0.4 is 0 Å². The van der Waals surface area contributed by atoms with Crippen LogP contribution in [-0.4, -0.2) is 12.1 Å². The first-order valence-electron chi connectivity index (χ1n) is 7.73. The van der Waals surface area contributed by atoms with Gasteiger partial charge in [-0.15, -0.1) is 0 Å². The Morgan fingerprint density at radius 1 is 1.33 bits per heavy atom. The van der Waals surface area contributed by atoms with E-state index < -0.39 is 0 Å². The minimum Gasteiger partial charge on any atom is -0.458 e. The highest BCUT2D eigenvalue weighted by atomic mass is 79.9. The molecule has 0 saturated heterocycles. The van der Waals surface area contributed by atoms with Crippen LogP contribution in [0.3, 0.4) is 0 Å². The van der Waals surface area contributed by atoms with Crippen LogP contribution in [0.5, 0.6) is 0 Å². The van der Waals surface area contributed by atoms with Crippen molar-refractivity contribution in [1.82, 2.24) is 0 Å². The third-order valence-corrected chi connectivity index (χ3v) is 7.00. The molecular formula is C18H23BrO2. The number of ether oxygens (including phenoxy) is 1. The lowest BCUT2D eigenvalue weighted by Crippen LogP contribution is -2.38. The molecule has 114 valence electrons. The van der Waals surface area contributed by atoms with Gasteiger partial charge in [0.2, 0.25) is 0 Å². The van der Waals surface area contributed by atoms with Crippen LogP contribution in [-0.2, 0) is 4.74 Å². The van der Waals surface area contributed by atoms with Crippen LogP contribution in [0.15, 0.2) is 22.7 Å². The summed E-state index contributed by atoms with van der Waals surface area (Å²) in [7, 11) is 0. The van der Waals surface area contributed by atoms with Crippen molar-refractivity contribution in [3.63, 3.8) is 0 Å². The molecular weight excluding hydrogens is 328 g/mol. The fraction of sp³-hybridized carbons (Fsp3) is 0.611. The van der Waals surface area contributed by atoms with Crippen LogP contribution in [0.1, 0.15) is 56.0 Å². The van der Waals surface area contributed by atoms with E-state index in [1.165, 1.54) is 6.42 Å². The van der Waals surface area contributed by atoms with Crippen LogP contribution in [0.2, 0.25) is 0 Å². The molecule has 0 radical (unpaired) electrons. The number of esters is 1. The highest BCUT2D eigenvalue weighted by Crippen LogP contribution is 2.66. The summed E-state index contributed by atoms with van der Waals surface area (Å²) in [6.07, 6.45) is 3.49. The molecule has 0 spiro atoms. The Kier molecular flexibility index (Phi) is 3.47. The summed E-state index contributed by atoms with van der Waals surface area (Å²) in [6.45, 7) is 8.95. The molecule has 3 heteroatoms. The molecule has 1 aromatic rings. The van der Waals surface area contributed by atoms with E-state index in [0.717, 1.165) is 22.9 Å². The smallest absolute Gasteiger partial charge is 0.339 e. The molecule has 0 N–H and O–H groups in total. The molecule has 2 saturated carbocycles. The zero-order chi connectivity index (χ0) is 15.4. The summed E-state index contributed by atoms with van der Waals surface area (Å²) in [5.41, 5.74) is 2.09. The maximum Gasteiger partial charge on any atom is 0.339 e. The Hall–Kier alpha value is -0.830. The number of carbonyl (C=O) groups is 1. The second-order valence-corrected chi connectivity index (χ2v) is 8.34. The molecule has 2 fully saturated rings. The Bertz CT molecular complexity index is 593. The summed E-state index contributed by atoms with van der Waals surface area (Å²) < 4.78 is 6.75. The van der Waals surface area contributed by atoms with Gasteiger partial charge >= 0.3 is 5.97 Å². The quantitative estimate of drug-likeness (QED) is 0.691. The van der Waals surface area contributed by atoms with Gasteiger partial charge in [-0.2, -0.15) is 0 Å². The number of fused-ring (bicyclic) bond motifs is 2. The van der Waals surface area contributed by atoms with Gasteiger partial charge in [0.25, 0.3) is 0 Å². The SMILES string of the molecule is Cc1ccc(Br)c(C(=O)OC2CC3CCC2(C)C3(C)C)c1. The van der Waals surface area contributed by atoms with Crippen molar-refractivity contribution in [2.45, 2.75) is 53.1 Å². The molecule has 0 aliphatic heterocycles. The topological polar surface area (TPSA) is 26.3 Å². The molecule has 3 atom stereocenters. The number of halogens is 1. The summed E-state index contributed by atoms with van der Waals surface area (Å²) in [5, 5.41) is 0. The molecule has 2 aliphatic rings. The van der Waals surface area contributed by atoms with E-state index in [1.807, 2.05) is 25.1 Å². The van der Waals surface area contributed by atoms with Crippen LogP contribution >= 0.6 is 15.9 Å². The van der Waals surface area contributed by atoms with E-state index in [-0.39, 0.29) is 22.9 Å². The number of hydrogen-bond donors (Lipinski definition) is 0. The molecule has 0 amide bonds. The monoisotopic (exact) mass is 350 g/mol. The average Bonchev–Trinajstić information content (AvgIpc) is 2.74. The molecule has 21 heavy (non-hydrogen) atoms. The molecule has 2 aliphatic carbocycles. The van der Waals surface area contributed by atoms with Crippen molar-refractivity contribution in [1.29, 1.82) is 0 Å². The third kappa shape index (κ3) is 2.16. The summed E-state index contributed by atoms with van der Waals surface area (Å²) in [5.74, 6) is 0.487. The number of rotatable bonds is 2. The normalized spacial score (nSPS) is 33.2. The van der Waals surface area contributed by atoms with Crippen molar-refractivity contribution in [3.05, 3.63) is 33.8 Å². The molecule has 2 bridgehead atoms. The minimum absolute atomic E-state index is 0.0474. The van der Waals surface area contributed by atoms with Gasteiger partial charge in [-0.1, -0.05) is 32.4 Å². The first-order chi connectivity index (χ1) is 9.75. The van der Waals surface area contributed by atoms with Gasteiger partial charge in [0.15, 0.2) is 0 Å². The average molecular weight is 351 g/mol. The highest BCUT2D eigenvalue weighted by Gasteiger charge is 2.62. The maximum atomic E-state index is 12.6. The zero-order valence-electron chi connectivity index (χ0n) is 13.2. The second kappa shape index (κ2) is 4.84. The van der Waals surface area contributed by atoms with Gasteiger partial charge in [0, 0.05) is 9.89 Å². The molecule has 2 nitrogen and oxygen atoms in total. The fourth-order valence-electron chi connectivity index (χ4n) is 4.30. The van der Waals surface area contributed by atoms with E-state index in [2.05, 4.69) is 36.7 Å². The molecule has 3 unspecified atom stereocenters. The summed E-state index contributed by atoms with van der Waals surface area (Å²) in [6, 6.07) is 5.80. The number of aryl methyl sites for hydroxylation is 1. The lowest BCUT2D eigenvalue weighted by Gasteiger charge is -2.38. The van der Waals surface area contributed by atoms with Crippen LogP contribution in [0.4, 0.5) is 0 Å². The Balaban J connectivity index is 1.82. The lowest BCUT2D eigenvalue weighted by atomic mass is 9.70. The Labute approximate surface area is 135 Å². The van der Waals surface area contributed by atoms with Crippen molar-refractivity contribution in [3.8, 4) is 0 Å². The standard InChI is InChI=1S/C18H23BrO2/c1-11-5-6-14(19)13(9-11)16(20)21-15-10-12-7-8-18(15,4)17(12,2)3/h5-6,9,12,15H,7-8,10H2,1-4H3. The largest absolute Gasteiger partial charge is 0.458 e. The number of hydrogen-bond acceptors (Lipinski definition) is 2. The van der Waals surface area contributed by atoms with E-state index >= 15 is 0 Å². The fourth-order valence-corrected chi connectivity index (χ4v) is 4.71. The first kappa shape index (κ1) is 15.1. The van der Waals surface area contributed by atoms with Gasteiger partial charge in [0.05, 0.1) is 5.56 Å². The first-order valence-corrected chi connectivity index (χ1v) is 8.52. The second-order valence-electron chi connectivity index (χ2n) is 7.49. The van der Waals surface area contributed by atoms with Gasteiger partial charge in [0.1, 0.15) is 6.10 Å². The lowest BCUT2D eigenvalue weighted by molar-refractivity contribution is -0.0243. The van der Waals surface area contributed by atoms with Crippen molar-refractivity contribution >= 4 is 21.9 Å². The van der Waals surface area contributed by atoms with Crippen molar-refractivity contribution in [2.75, 3.05) is 0 Å². The van der Waals surface area contributed by atoms with Gasteiger partial charge in [-0.05, 0) is 65.6 Å². The van der Waals surface area contributed by atoms with Gasteiger partial charge in [-0.3, -0.25) is 0 Å². The predicted molar refractivity (Wildman–Crippen MR) is 87.3 cm³/mol. The van der Waals surface area contributed by atoms with Crippen molar-refractivity contribution < 1.29 is 9.53 Å². The maximum absolute atomic E-state index is 12.6. The highest BCUT2D eigenvalue weighted by molar-refractivity contribution is 9.10. The summed E-state index contributed by atoms with van der Waals surface area (Å²) in [4.78, 5) is 12.6. The number of carbonyl (C=O) groups excluding carboxylic acids is 1.